The van der Waals surface area contributed by atoms with Crippen LogP contribution in [0.1, 0.15) is 51.4 Å². The van der Waals surface area contributed by atoms with Crippen LogP contribution in [0.2, 0.25) is 0 Å². The number of nitrogens with two attached hydrogens (primary N) is 1. The molecule has 0 bridgehead atoms. The first kappa shape index (κ1) is 13.2. The molecule has 0 aromatic rings. The third kappa shape index (κ3) is 2.24. The van der Waals surface area contributed by atoms with Gasteiger partial charge in [-0.05, 0) is 43.9 Å². The first-order valence-electron chi connectivity index (χ1n) is 7.76. The Labute approximate surface area is 116 Å². The van der Waals surface area contributed by atoms with Crippen LogP contribution in [-0.4, -0.2) is 43.2 Å². The molecule has 0 radical (unpaired) electrons. The Kier molecular flexibility index (Phi) is 3.46. The SMILES string of the molecule is COCCN1C(N)=NCC12CCC1(CCCC1)CC2. The second-order valence-corrected chi connectivity index (χ2v) is 6.75. The predicted octanol–water partition coefficient (Wildman–Crippen LogP) is 2.14. The predicted molar refractivity (Wildman–Crippen MR) is 77.2 cm³/mol. The largest absolute Gasteiger partial charge is 0.383 e. The van der Waals surface area contributed by atoms with E-state index in [9.17, 15) is 0 Å². The Balaban J connectivity index is 1.67. The zero-order valence-electron chi connectivity index (χ0n) is 12.2. The lowest BCUT2D eigenvalue weighted by Crippen LogP contribution is -2.55. The zero-order chi connectivity index (χ0) is 13.3. The van der Waals surface area contributed by atoms with Crippen LogP contribution in [0.5, 0.6) is 0 Å². The number of nitrogens with zero attached hydrogens (tertiary/aromatic N) is 2. The molecule has 0 atom stereocenters. The van der Waals surface area contributed by atoms with E-state index < -0.39 is 0 Å². The lowest BCUT2D eigenvalue weighted by Gasteiger charge is -2.47. The Hall–Kier alpha value is -0.770. The molecule has 108 valence electrons. The molecule has 2 aliphatic carbocycles. The molecule has 0 aromatic carbocycles. The first-order valence-corrected chi connectivity index (χ1v) is 7.76. The normalized spacial score (nSPS) is 28.3. The van der Waals surface area contributed by atoms with Gasteiger partial charge in [-0.3, -0.25) is 4.99 Å². The Morgan fingerprint density at radius 3 is 2.47 bits per heavy atom. The lowest BCUT2D eigenvalue weighted by atomic mass is 9.66. The minimum Gasteiger partial charge on any atom is -0.383 e. The Bertz CT molecular complexity index is 350. The summed E-state index contributed by atoms with van der Waals surface area (Å²) in [6, 6.07) is 0. The fourth-order valence-corrected chi connectivity index (χ4v) is 4.47. The first-order chi connectivity index (χ1) is 9.20. The molecule has 3 rings (SSSR count). The zero-order valence-corrected chi connectivity index (χ0v) is 12.2. The van der Waals surface area contributed by atoms with Gasteiger partial charge in [0.2, 0.25) is 0 Å². The fraction of sp³-hybridized carbons (Fsp3) is 0.933. The fourth-order valence-electron chi connectivity index (χ4n) is 4.47. The van der Waals surface area contributed by atoms with Gasteiger partial charge in [0.25, 0.3) is 0 Å². The summed E-state index contributed by atoms with van der Waals surface area (Å²) in [5.41, 5.74) is 6.99. The quantitative estimate of drug-likeness (QED) is 0.850. The summed E-state index contributed by atoms with van der Waals surface area (Å²) in [6.07, 6.45) is 11.1. The monoisotopic (exact) mass is 265 g/mol. The van der Waals surface area contributed by atoms with Gasteiger partial charge in [-0.1, -0.05) is 12.8 Å². The second-order valence-electron chi connectivity index (χ2n) is 6.75. The second kappa shape index (κ2) is 4.97. The van der Waals surface area contributed by atoms with Crippen molar-refractivity contribution < 1.29 is 4.74 Å². The van der Waals surface area contributed by atoms with Crippen LogP contribution in [0.25, 0.3) is 0 Å². The maximum atomic E-state index is 6.09. The summed E-state index contributed by atoms with van der Waals surface area (Å²) in [5, 5.41) is 0. The summed E-state index contributed by atoms with van der Waals surface area (Å²) in [7, 11) is 1.75. The van der Waals surface area contributed by atoms with Gasteiger partial charge in [0, 0.05) is 13.7 Å². The minimum absolute atomic E-state index is 0.219. The van der Waals surface area contributed by atoms with E-state index in [0.29, 0.717) is 5.41 Å². The van der Waals surface area contributed by atoms with Crippen molar-refractivity contribution in [2.45, 2.75) is 56.9 Å². The van der Waals surface area contributed by atoms with Crippen LogP contribution in [0.15, 0.2) is 4.99 Å². The summed E-state index contributed by atoms with van der Waals surface area (Å²) in [5.74, 6) is 0.736. The van der Waals surface area contributed by atoms with Crippen molar-refractivity contribution in [1.29, 1.82) is 0 Å². The standard InChI is InChI=1S/C15H27N3O/c1-19-11-10-18-13(16)17-12-15(18)8-6-14(7-9-15)4-2-3-5-14/h2-12H2,1H3,(H2,16,17). The molecule has 0 saturated heterocycles. The van der Waals surface area contributed by atoms with Crippen molar-refractivity contribution in [3.8, 4) is 0 Å². The highest BCUT2D eigenvalue weighted by atomic mass is 16.5. The van der Waals surface area contributed by atoms with Gasteiger partial charge in [0.05, 0.1) is 18.7 Å². The van der Waals surface area contributed by atoms with Crippen molar-refractivity contribution in [2.24, 2.45) is 16.1 Å². The molecule has 3 aliphatic rings. The van der Waals surface area contributed by atoms with Gasteiger partial charge in [0.15, 0.2) is 5.96 Å². The number of methoxy groups -OCH3 is 1. The highest BCUT2D eigenvalue weighted by Gasteiger charge is 2.49. The summed E-state index contributed by atoms with van der Waals surface area (Å²) in [4.78, 5) is 6.86. The van der Waals surface area contributed by atoms with Crippen LogP contribution in [-0.2, 0) is 4.74 Å². The van der Waals surface area contributed by atoms with Crippen molar-refractivity contribution in [3.05, 3.63) is 0 Å². The molecule has 4 heteroatoms. The summed E-state index contributed by atoms with van der Waals surface area (Å²) in [6.45, 7) is 2.53. The number of hydrogen-bond acceptors (Lipinski definition) is 4. The Morgan fingerprint density at radius 2 is 1.84 bits per heavy atom. The lowest BCUT2D eigenvalue weighted by molar-refractivity contribution is 0.0528. The maximum Gasteiger partial charge on any atom is 0.191 e. The minimum atomic E-state index is 0.219. The maximum absolute atomic E-state index is 6.09. The molecule has 2 N–H and O–H groups in total. The van der Waals surface area contributed by atoms with Gasteiger partial charge >= 0.3 is 0 Å². The van der Waals surface area contributed by atoms with E-state index in [2.05, 4.69) is 9.89 Å². The van der Waals surface area contributed by atoms with Crippen LogP contribution < -0.4 is 5.73 Å². The molecule has 19 heavy (non-hydrogen) atoms. The smallest absolute Gasteiger partial charge is 0.191 e. The van der Waals surface area contributed by atoms with Gasteiger partial charge in [0.1, 0.15) is 0 Å². The van der Waals surface area contributed by atoms with Crippen molar-refractivity contribution >= 4 is 5.96 Å². The summed E-state index contributed by atoms with van der Waals surface area (Å²) >= 11 is 0. The molecule has 1 aliphatic heterocycles. The average Bonchev–Trinajstić information content (AvgIpc) is 2.99. The molecular weight excluding hydrogens is 238 g/mol. The summed E-state index contributed by atoms with van der Waals surface area (Å²) < 4.78 is 5.23. The van der Waals surface area contributed by atoms with Crippen LogP contribution >= 0.6 is 0 Å². The topological polar surface area (TPSA) is 50.9 Å². The van der Waals surface area contributed by atoms with E-state index in [0.717, 1.165) is 25.7 Å². The number of aliphatic imine (C=N–C) groups is 1. The molecule has 2 saturated carbocycles. The van der Waals surface area contributed by atoms with Crippen LogP contribution in [0.4, 0.5) is 0 Å². The van der Waals surface area contributed by atoms with Crippen molar-refractivity contribution in [1.82, 2.24) is 4.90 Å². The number of ether oxygens (including phenoxy) is 1. The van der Waals surface area contributed by atoms with Gasteiger partial charge in [-0.2, -0.15) is 0 Å². The van der Waals surface area contributed by atoms with Gasteiger partial charge in [-0.25, -0.2) is 0 Å². The van der Waals surface area contributed by atoms with E-state index >= 15 is 0 Å². The van der Waals surface area contributed by atoms with E-state index in [1.165, 1.54) is 51.4 Å². The molecule has 0 unspecified atom stereocenters. The molecule has 0 aromatic heterocycles. The van der Waals surface area contributed by atoms with E-state index in [4.69, 9.17) is 10.5 Å². The molecule has 2 spiro atoms. The number of guanidine groups is 1. The number of hydrogen-bond donors (Lipinski definition) is 1. The van der Waals surface area contributed by atoms with E-state index in [1.807, 2.05) is 0 Å². The molecule has 0 amide bonds. The molecule has 4 nitrogen and oxygen atoms in total. The van der Waals surface area contributed by atoms with Crippen molar-refractivity contribution in [3.63, 3.8) is 0 Å². The number of rotatable bonds is 3. The average molecular weight is 265 g/mol. The van der Waals surface area contributed by atoms with Crippen LogP contribution in [0, 0.1) is 5.41 Å². The molecule has 1 heterocycles. The third-order valence-electron chi connectivity index (χ3n) is 5.81. The third-order valence-corrected chi connectivity index (χ3v) is 5.81. The van der Waals surface area contributed by atoms with Crippen LogP contribution in [0.3, 0.4) is 0 Å². The van der Waals surface area contributed by atoms with E-state index in [1.54, 1.807) is 7.11 Å². The van der Waals surface area contributed by atoms with Gasteiger partial charge < -0.3 is 15.4 Å². The Morgan fingerprint density at radius 1 is 1.16 bits per heavy atom. The van der Waals surface area contributed by atoms with Gasteiger partial charge in [-0.15, -0.1) is 0 Å². The highest BCUT2D eigenvalue weighted by Crippen LogP contribution is 2.53. The highest BCUT2D eigenvalue weighted by molar-refractivity contribution is 5.81. The van der Waals surface area contributed by atoms with E-state index in [-0.39, 0.29) is 5.54 Å². The molecular formula is C15H27N3O. The molecule has 2 fully saturated rings. The van der Waals surface area contributed by atoms with Crippen molar-refractivity contribution in [2.75, 3.05) is 26.8 Å².